The molecule has 1 aliphatic rings. The van der Waals surface area contributed by atoms with Gasteiger partial charge in [-0.3, -0.25) is 4.79 Å². The van der Waals surface area contributed by atoms with Gasteiger partial charge in [0, 0.05) is 23.7 Å². The quantitative estimate of drug-likeness (QED) is 0.490. The number of benzene rings is 1. The first-order valence-electron chi connectivity index (χ1n) is 9.96. The molecule has 9 heteroatoms. The third-order valence-corrected chi connectivity index (χ3v) is 5.47. The summed E-state index contributed by atoms with van der Waals surface area (Å²) >= 11 is 5.90. The molecule has 156 valence electrons. The van der Waals surface area contributed by atoms with Crippen molar-refractivity contribution in [1.29, 1.82) is 0 Å². The Kier molecular flexibility index (Phi) is 4.99. The summed E-state index contributed by atoms with van der Waals surface area (Å²) in [6.45, 7) is 2.24. The van der Waals surface area contributed by atoms with Crippen molar-refractivity contribution in [2.45, 2.75) is 32.2 Å². The predicted molar refractivity (Wildman–Crippen MR) is 114 cm³/mol. The molecule has 1 N–H and O–H groups in total. The highest BCUT2D eigenvalue weighted by Crippen LogP contribution is 2.38. The van der Waals surface area contributed by atoms with Gasteiger partial charge in [-0.2, -0.15) is 10.1 Å². The molecule has 1 aromatic carbocycles. The molecule has 0 unspecified atom stereocenters. The Balaban J connectivity index is 1.29. The average molecular weight is 435 g/mol. The molecular weight excluding hydrogens is 416 g/mol. The second-order valence-electron chi connectivity index (χ2n) is 7.50. The molecule has 3 aromatic heterocycles. The van der Waals surface area contributed by atoms with Crippen LogP contribution < -0.4 is 5.32 Å². The van der Waals surface area contributed by atoms with Crippen LogP contribution in [0, 0.1) is 6.92 Å². The van der Waals surface area contributed by atoms with Crippen LogP contribution >= 0.6 is 11.6 Å². The molecule has 1 saturated carbocycles. The number of pyridine rings is 1. The lowest BCUT2D eigenvalue weighted by Gasteiger charge is -2.07. The van der Waals surface area contributed by atoms with Crippen molar-refractivity contribution in [1.82, 2.24) is 30.2 Å². The van der Waals surface area contributed by atoms with Crippen molar-refractivity contribution in [3.63, 3.8) is 0 Å². The number of nitrogens with one attached hydrogen (secondary N) is 1. The van der Waals surface area contributed by atoms with Gasteiger partial charge in [0.25, 0.3) is 11.8 Å². The van der Waals surface area contributed by atoms with E-state index in [0.717, 1.165) is 29.8 Å². The number of nitrogens with zero attached hydrogens (tertiary/aromatic N) is 5. The third kappa shape index (κ3) is 4.06. The van der Waals surface area contributed by atoms with E-state index >= 15 is 0 Å². The van der Waals surface area contributed by atoms with Crippen LogP contribution in [0.2, 0.25) is 5.02 Å². The lowest BCUT2D eigenvalue weighted by Crippen LogP contribution is -2.23. The molecule has 1 amide bonds. The minimum Gasteiger partial charge on any atom is -0.348 e. The maximum atomic E-state index is 12.6. The fraction of sp³-hybridized carbons (Fsp3) is 0.227. The van der Waals surface area contributed by atoms with Crippen molar-refractivity contribution >= 4 is 17.5 Å². The summed E-state index contributed by atoms with van der Waals surface area (Å²) in [4.78, 5) is 21.5. The maximum absolute atomic E-state index is 12.6. The van der Waals surface area contributed by atoms with Crippen LogP contribution in [-0.4, -0.2) is 30.8 Å². The van der Waals surface area contributed by atoms with E-state index in [0.29, 0.717) is 40.5 Å². The topological polar surface area (TPSA) is 98.7 Å². The van der Waals surface area contributed by atoms with Gasteiger partial charge in [0.05, 0.1) is 23.0 Å². The zero-order chi connectivity index (χ0) is 21.4. The van der Waals surface area contributed by atoms with Crippen LogP contribution in [-0.2, 0) is 6.54 Å². The smallest absolute Gasteiger partial charge is 0.259 e. The highest BCUT2D eigenvalue weighted by molar-refractivity contribution is 6.30. The summed E-state index contributed by atoms with van der Waals surface area (Å²) in [5.74, 6) is 2.05. The first kappa shape index (κ1) is 19.4. The highest BCUT2D eigenvalue weighted by Gasteiger charge is 2.29. The number of hydrogen-bond donors (Lipinski definition) is 1. The molecule has 0 saturated heterocycles. The van der Waals surface area contributed by atoms with Crippen LogP contribution in [0.3, 0.4) is 0 Å². The molecule has 31 heavy (non-hydrogen) atoms. The van der Waals surface area contributed by atoms with Crippen molar-refractivity contribution in [3.05, 3.63) is 76.5 Å². The largest absolute Gasteiger partial charge is 0.348 e. The van der Waals surface area contributed by atoms with Crippen LogP contribution in [0.1, 0.15) is 46.2 Å². The minimum atomic E-state index is -0.200. The van der Waals surface area contributed by atoms with Gasteiger partial charge in [-0.25, -0.2) is 9.67 Å². The normalized spacial score (nSPS) is 13.4. The van der Waals surface area contributed by atoms with E-state index < -0.39 is 0 Å². The molecule has 4 aromatic rings. The second kappa shape index (κ2) is 7.96. The van der Waals surface area contributed by atoms with Crippen LogP contribution in [0.4, 0.5) is 0 Å². The Morgan fingerprint density at radius 1 is 1.19 bits per heavy atom. The number of rotatable bonds is 6. The molecular formula is C22H19ClN6O2. The van der Waals surface area contributed by atoms with Crippen molar-refractivity contribution in [3.8, 4) is 17.3 Å². The minimum absolute atomic E-state index is 0.200. The zero-order valence-corrected chi connectivity index (χ0v) is 17.5. The molecule has 3 heterocycles. The van der Waals surface area contributed by atoms with Gasteiger partial charge in [0.1, 0.15) is 0 Å². The fourth-order valence-electron chi connectivity index (χ4n) is 3.24. The summed E-state index contributed by atoms with van der Waals surface area (Å²) in [6, 6.07) is 11.0. The number of halogens is 1. The molecule has 0 atom stereocenters. The van der Waals surface area contributed by atoms with E-state index in [1.54, 1.807) is 29.2 Å². The molecule has 0 radical (unpaired) electrons. The predicted octanol–water partition coefficient (Wildman–Crippen LogP) is 4.09. The number of carbonyl (C=O) groups is 1. The van der Waals surface area contributed by atoms with E-state index in [1.165, 1.54) is 0 Å². The summed E-state index contributed by atoms with van der Waals surface area (Å²) in [6.07, 6.45) is 5.44. The number of hydrogen-bond acceptors (Lipinski definition) is 6. The van der Waals surface area contributed by atoms with Crippen LogP contribution in [0.15, 0.2) is 53.3 Å². The van der Waals surface area contributed by atoms with E-state index in [9.17, 15) is 4.79 Å². The molecule has 5 rings (SSSR count). The summed E-state index contributed by atoms with van der Waals surface area (Å²) in [5, 5.41) is 11.9. The van der Waals surface area contributed by atoms with Gasteiger partial charge in [-0.15, -0.1) is 0 Å². The average Bonchev–Trinajstić information content (AvgIpc) is 3.39. The molecule has 8 nitrogen and oxygen atoms in total. The first-order valence-corrected chi connectivity index (χ1v) is 10.3. The van der Waals surface area contributed by atoms with E-state index in [2.05, 4.69) is 25.5 Å². The zero-order valence-electron chi connectivity index (χ0n) is 16.7. The van der Waals surface area contributed by atoms with E-state index in [4.69, 9.17) is 16.1 Å². The standard InChI is InChI=1S/C22H19ClN6O2/c1-13-18(21(30)25-10-14-2-7-17(23)8-3-14)12-26-29(13)19-9-6-16(11-24-19)22-27-20(28-31-22)15-4-5-15/h2-3,6-9,11-12,15H,4-5,10H2,1H3,(H,25,30). The molecule has 1 aliphatic carbocycles. The van der Waals surface area contributed by atoms with Gasteiger partial charge in [-0.1, -0.05) is 28.9 Å². The van der Waals surface area contributed by atoms with E-state index in [1.807, 2.05) is 31.2 Å². The summed E-state index contributed by atoms with van der Waals surface area (Å²) in [5.41, 5.74) is 2.90. The fourth-order valence-corrected chi connectivity index (χ4v) is 3.37. The van der Waals surface area contributed by atoms with Crippen LogP contribution in [0.25, 0.3) is 17.3 Å². The lowest BCUT2D eigenvalue weighted by molar-refractivity contribution is 0.0950. The van der Waals surface area contributed by atoms with Gasteiger partial charge in [0.2, 0.25) is 0 Å². The molecule has 0 aliphatic heterocycles. The SMILES string of the molecule is Cc1c(C(=O)NCc2ccc(Cl)cc2)cnn1-c1ccc(-c2nc(C3CC3)no2)cn1. The van der Waals surface area contributed by atoms with Crippen LogP contribution in [0.5, 0.6) is 0 Å². The van der Waals surface area contributed by atoms with Gasteiger partial charge < -0.3 is 9.84 Å². The second-order valence-corrected chi connectivity index (χ2v) is 7.94. The Labute approximate surface area is 183 Å². The number of carbonyl (C=O) groups excluding carboxylic acids is 1. The van der Waals surface area contributed by atoms with Crippen molar-refractivity contribution in [2.24, 2.45) is 0 Å². The Hall–Kier alpha value is -3.52. The van der Waals surface area contributed by atoms with Crippen molar-refractivity contribution < 1.29 is 9.32 Å². The van der Waals surface area contributed by atoms with Gasteiger partial charge in [0.15, 0.2) is 11.6 Å². The highest BCUT2D eigenvalue weighted by atomic mass is 35.5. The Bertz CT molecular complexity index is 1230. The molecule has 1 fully saturated rings. The van der Waals surface area contributed by atoms with E-state index in [-0.39, 0.29) is 5.91 Å². The maximum Gasteiger partial charge on any atom is 0.259 e. The van der Waals surface area contributed by atoms with Crippen molar-refractivity contribution in [2.75, 3.05) is 0 Å². The number of amides is 1. The first-order chi connectivity index (χ1) is 15.1. The Morgan fingerprint density at radius 2 is 2.00 bits per heavy atom. The van der Waals surface area contributed by atoms with Gasteiger partial charge >= 0.3 is 0 Å². The third-order valence-electron chi connectivity index (χ3n) is 5.22. The molecule has 0 spiro atoms. The van der Waals surface area contributed by atoms with Gasteiger partial charge in [-0.05, 0) is 49.6 Å². The monoisotopic (exact) mass is 434 g/mol. The Morgan fingerprint density at radius 3 is 2.71 bits per heavy atom. The summed E-state index contributed by atoms with van der Waals surface area (Å²) in [7, 11) is 0. The summed E-state index contributed by atoms with van der Waals surface area (Å²) < 4.78 is 6.97. The molecule has 0 bridgehead atoms. The number of aromatic nitrogens is 5. The lowest BCUT2D eigenvalue weighted by atomic mass is 10.2.